The van der Waals surface area contributed by atoms with Crippen LogP contribution in [0.5, 0.6) is 0 Å². The van der Waals surface area contributed by atoms with Crippen LogP contribution in [0.2, 0.25) is 0 Å². The van der Waals surface area contributed by atoms with E-state index in [9.17, 15) is 43.2 Å². The number of unbranched alkanes of at least 4 members (excludes halogenated alkanes) is 51. The van der Waals surface area contributed by atoms with Crippen molar-refractivity contribution in [3.8, 4) is 0 Å². The second kappa shape index (κ2) is 70.5. The maximum Gasteiger partial charge on any atom is 0.472 e. The number of carbonyl (C=O) groups excluding carboxylic acids is 4. The molecule has 0 saturated heterocycles. The molecule has 0 aromatic carbocycles. The van der Waals surface area contributed by atoms with Crippen molar-refractivity contribution in [3.63, 3.8) is 0 Å². The highest BCUT2D eigenvalue weighted by molar-refractivity contribution is 7.47. The van der Waals surface area contributed by atoms with Gasteiger partial charge in [0.25, 0.3) is 0 Å². The minimum Gasteiger partial charge on any atom is -0.462 e. The van der Waals surface area contributed by atoms with Gasteiger partial charge >= 0.3 is 39.5 Å². The summed E-state index contributed by atoms with van der Waals surface area (Å²) < 4.78 is 68.5. The number of phosphoric ester groups is 2. The molecule has 0 bridgehead atoms. The molecule has 17 nitrogen and oxygen atoms in total. The van der Waals surface area contributed by atoms with Crippen molar-refractivity contribution in [1.29, 1.82) is 0 Å². The fourth-order valence-electron chi connectivity index (χ4n) is 11.8. The molecule has 95 heavy (non-hydrogen) atoms. The molecule has 0 spiro atoms. The Labute approximate surface area is 581 Å². The van der Waals surface area contributed by atoms with E-state index >= 15 is 0 Å². The Balaban J connectivity index is 5.22. The zero-order valence-corrected chi connectivity index (χ0v) is 63.4. The van der Waals surface area contributed by atoms with Crippen molar-refractivity contribution in [2.45, 2.75) is 425 Å². The van der Waals surface area contributed by atoms with E-state index in [0.717, 1.165) is 89.9 Å². The Morgan fingerprint density at radius 2 is 0.421 bits per heavy atom. The highest BCUT2D eigenvalue weighted by Crippen LogP contribution is 2.45. The number of ether oxygens (including phenoxy) is 4. The lowest BCUT2D eigenvalue weighted by Gasteiger charge is -2.21. The SMILES string of the molecule is CCCCCCCCCCCCCCCCCCCCCC(=O)O[C@H](COC(=O)CCCCCCCCCCCCCCC)COP(=O)(O)OC[C@@H](O)COP(=O)(O)OC[C@@H](COC(=O)CCCCCCCCCCCC)OC(=O)CCCCCCCCCCCCCCC. The summed E-state index contributed by atoms with van der Waals surface area (Å²) in [5, 5.41) is 10.6. The topological polar surface area (TPSA) is 237 Å². The Bertz CT molecular complexity index is 1810. The first-order valence-corrected chi connectivity index (χ1v) is 42.8. The fraction of sp³-hybridized carbons (Fsp3) is 0.947. The van der Waals surface area contributed by atoms with Crippen molar-refractivity contribution in [2.24, 2.45) is 0 Å². The third kappa shape index (κ3) is 70.3. The molecule has 0 saturated carbocycles. The van der Waals surface area contributed by atoms with Crippen LogP contribution in [0.1, 0.15) is 407 Å². The summed E-state index contributed by atoms with van der Waals surface area (Å²) in [5.41, 5.74) is 0. The molecule has 0 aliphatic rings. The Hall–Kier alpha value is -1.94. The largest absolute Gasteiger partial charge is 0.472 e. The Kier molecular flexibility index (Phi) is 69.1. The average molecular weight is 1400 g/mol. The molecule has 2 unspecified atom stereocenters. The summed E-state index contributed by atoms with van der Waals surface area (Å²) in [6.07, 6.45) is 60.9. The van der Waals surface area contributed by atoms with Gasteiger partial charge in [-0.1, -0.05) is 355 Å². The average Bonchev–Trinajstić information content (AvgIpc) is 1.82. The van der Waals surface area contributed by atoms with Gasteiger partial charge in [0.2, 0.25) is 0 Å². The lowest BCUT2D eigenvalue weighted by atomic mass is 10.0. The molecule has 0 rings (SSSR count). The summed E-state index contributed by atoms with van der Waals surface area (Å²) >= 11 is 0. The van der Waals surface area contributed by atoms with Gasteiger partial charge in [-0.15, -0.1) is 0 Å². The molecule has 0 amide bonds. The van der Waals surface area contributed by atoms with Gasteiger partial charge in [-0.05, 0) is 25.7 Å². The first kappa shape index (κ1) is 93.1. The quantitative estimate of drug-likeness (QED) is 0.0222. The minimum atomic E-state index is -4.96. The standard InChI is InChI=1S/C76H148O17P2/c1-5-9-13-17-21-25-29-32-33-34-35-36-37-40-43-47-51-55-59-63-76(81)93-72(67-87-74(79)61-57-53-49-45-41-38-30-26-22-18-14-10-6-2)69-91-95(84,85)89-65-70(77)64-88-94(82,83)90-68-71(66-86-73(78)60-56-52-48-44-28-24-20-16-12-8-4)92-75(80)62-58-54-50-46-42-39-31-27-23-19-15-11-7-3/h70-72,77H,5-69H2,1-4H3,(H,82,83)(H,84,85)/t70-,71+,72+/m0/s1. The van der Waals surface area contributed by atoms with E-state index in [1.807, 2.05) is 0 Å². The van der Waals surface area contributed by atoms with Crippen molar-refractivity contribution < 1.29 is 80.2 Å². The van der Waals surface area contributed by atoms with Gasteiger partial charge in [0.1, 0.15) is 19.3 Å². The molecule has 0 aliphatic heterocycles. The first-order valence-electron chi connectivity index (χ1n) is 39.8. The Morgan fingerprint density at radius 3 is 0.621 bits per heavy atom. The van der Waals surface area contributed by atoms with Crippen LogP contribution in [-0.4, -0.2) is 96.7 Å². The van der Waals surface area contributed by atoms with Gasteiger partial charge in [0, 0.05) is 25.7 Å². The normalized spacial score (nSPS) is 13.9. The molecule has 3 N–H and O–H groups in total. The molecule has 0 radical (unpaired) electrons. The maximum absolute atomic E-state index is 13.1. The summed E-state index contributed by atoms with van der Waals surface area (Å²) in [5.74, 6) is -2.11. The van der Waals surface area contributed by atoms with Gasteiger partial charge in [0.15, 0.2) is 12.2 Å². The van der Waals surface area contributed by atoms with Crippen LogP contribution in [0.3, 0.4) is 0 Å². The monoisotopic (exact) mass is 1400 g/mol. The number of hydrogen-bond acceptors (Lipinski definition) is 15. The first-order chi connectivity index (χ1) is 46.2. The lowest BCUT2D eigenvalue weighted by molar-refractivity contribution is -0.161. The van der Waals surface area contributed by atoms with E-state index in [2.05, 4.69) is 27.7 Å². The van der Waals surface area contributed by atoms with Crippen LogP contribution >= 0.6 is 15.6 Å². The highest BCUT2D eigenvalue weighted by Gasteiger charge is 2.30. The van der Waals surface area contributed by atoms with E-state index in [-0.39, 0.29) is 25.7 Å². The van der Waals surface area contributed by atoms with E-state index < -0.39 is 97.5 Å². The molecular weight excluding hydrogens is 1250 g/mol. The third-order valence-corrected chi connectivity index (χ3v) is 19.8. The van der Waals surface area contributed by atoms with E-state index in [1.54, 1.807) is 0 Å². The van der Waals surface area contributed by atoms with Gasteiger partial charge in [-0.25, -0.2) is 9.13 Å². The number of aliphatic hydroxyl groups excluding tert-OH is 1. The maximum atomic E-state index is 13.1. The number of aliphatic hydroxyl groups is 1. The van der Waals surface area contributed by atoms with Crippen molar-refractivity contribution in [2.75, 3.05) is 39.6 Å². The molecule has 0 aliphatic carbocycles. The van der Waals surface area contributed by atoms with Crippen LogP contribution < -0.4 is 0 Å². The molecule has 564 valence electrons. The van der Waals surface area contributed by atoms with Gasteiger partial charge < -0.3 is 33.8 Å². The predicted octanol–water partition coefficient (Wildman–Crippen LogP) is 22.6. The van der Waals surface area contributed by atoms with Crippen molar-refractivity contribution in [1.82, 2.24) is 0 Å². The second-order valence-electron chi connectivity index (χ2n) is 27.4. The Morgan fingerprint density at radius 1 is 0.253 bits per heavy atom. The number of carbonyl (C=O) groups is 4. The van der Waals surface area contributed by atoms with E-state index in [4.69, 9.17) is 37.0 Å². The van der Waals surface area contributed by atoms with Crippen LogP contribution in [-0.2, 0) is 65.4 Å². The zero-order chi connectivity index (χ0) is 69.7. The van der Waals surface area contributed by atoms with Crippen LogP contribution in [0.15, 0.2) is 0 Å². The zero-order valence-electron chi connectivity index (χ0n) is 61.6. The molecule has 19 heteroatoms. The second-order valence-corrected chi connectivity index (χ2v) is 30.3. The lowest BCUT2D eigenvalue weighted by Crippen LogP contribution is -2.30. The number of hydrogen-bond donors (Lipinski definition) is 3. The molecule has 0 fully saturated rings. The predicted molar refractivity (Wildman–Crippen MR) is 386 cm³/mol. The van der Waals surface area contributed by atoms with Gasteiger partial charge in [-0.3, -0.25) is 37.3 Å². The molecule has 0 aromatic rings. The molecular formula is C76H148O17P2. The summed E-state index contributed by atoms with van der Waals surface area (Å²) in [4.78, 5) is 72.8. The molecule has 0 aromatic heterocycles. The third-order valence-electron chi connectivity index (χ3n) is 17.9. The molecule has 0 heterocycles. The summed E-state index contributed by atoms with van der Waals surface area (Å²) in [6, 6.07) is 0. The van der Waals surface area contributed by atoms with E-state index in [1.165, 1.54) is 238 Å². The van der Waals surface area contributed by atoms with Gasteiger partial charge in [-0.2, -0.15) is 0 Å². The van der Waals surface area contributed by atoms with E-state index in [0.29, 0.717) is 25.7 Å². The number of rotatable bonds is 77. The van der Waals surface area contributed by atoms with Crippen molar-refractivity contribution in [3.05, 3.63) is 0 Å². The van der Waals surface area contributed by atoms with Gasteiger partial charge in [0.05, 0.1) is 26.4 Å². The minimum absolute atomic E-state index is 0.108. The smallest absolute Gasteiger partial charge is 0.462 e. The highest BCUT2D eigenvalue weighted by atomic mass is 31.2. The fourth-order valence-corrected chi connectivity index (χ4v) is 13.3. The van der Waals surface area contributed by atoms with Crippen LogP contribution in [0.4, 0.5) is 0 Å². The number of phosphoric acid groups is 2. The van der Waals surface area contributed by atoms with Crippen LogP contribution in [0, 0.1) is 0 Å². The van der Waals surface area contributed by atoms with Crippen molar-refractivity contribution >= 4 is 39.5 Å². The molecule has 5 atom stereocenters. The summed E-state index contributed by atoms with van der Waals surface area (Å²) in [6.45, 7) is 4.99. The number of esters is 4. The van der Waals surface area contributed by atoms with Crippen LogP contribution in [0.25, 0.3) is 0 Å². The summed E-state index contributed by atoms with van der Waals surface area (Å²) in [7, 11) is -9.91.